The number of nitriles is 1. The first kappa shape index (κ1) is 22.2. The molecule has 6 nitrogen and oxygen atoms in total. The highest BCUT2D eigenvalue weighted by Gasteiger charge is 2.37. The van der Waals surface area contributed by atoms with E-state index in [1.54, 1.807) is 6.20 Å². The monoisotopic (exact) mass is 465 g/mol. The third-order valence-electron chi connectivity index (χ3n) is 8.00. The Hall–Kier alpha value is -3.27. The van der Waals surface area contributed by atoms with Crippen molar-refractivity contribution >= 4 is 22.8 Å². The molecule has 3 aliphatic heterocycles. The first-order valence-corrected chi connectivity index (χ1v) is 12.7. The highest BCUT2D eigenvalue weighted by atomic mass is 16.5. The quantitative estimate of drug-likeness (QED) is 0.546. The lowest BCUT2D eigenvalue weighted by atomic mass is 9.76. The number of aliphatic imine (C=N–C) groups is 1. The van der Waals surface area contributed by atoms with Crippen molar-refractivity contribution in [1.82, 2.24) is 14.8 Å². The third kappa shape index (κ3) is 4.20. The molecule has 0 radical (unpaired) electrons. The summed E-state index contributed by atoms with van der Waals surface area (Å²) in [5.41, 5.74) is 4.21. The molecule has 2 saturated heterocycles. The van der Waals surface area contributed by atoms with Gasteiger partial charge in [0, 0.05) is 57.0 Å². The summed E-state index contributed by atoms with van der Waals surface area (Å²) in [7, 11) is 0. The van der Waals surface area contributed by atoms with Crippen LogP contribution in [0.25, 0.3) is 10.8 Å². The second-order valence-corrected chi connectivity index (χ2v) is 10.0. The van der Waals surface area contributed by atoms with E-state index >= 15 is 0 Å². The van der Waals surface area contributed by atoms with Crippen LogP contribution in [0.1, 0.15) is 42.5 Å². The number of hydrogen-bond acceptors (Lipinski definition) is 6. The molecular formula is C29H31N5O. The lowest BCUT2D eigenvalue weighted by Crippen LogP contribution is -2.42. The topological polar surface area (TPSA) is 64.8 Å². The van der Waals surface area contributed by atoms with Crippen LogP contribution >= 0.6 is 0 Å². The number of nitrogens with zero attached hydrogens (tertiary/aromatic N) is 5. The summed E-state index contributed by atoms with van der Waals surface area (Å²) in [5.74, 6) is 0. The van der Waals surface area contributed by atoms with Crippen LogP contribution in [0.15, 0.2) is 59.7 Å². The number of fused-ring (bicyclic) bond motifs is 3. The van der Waals surface area contributed by atoms with E-state index in [9.17, 15) is 5.26 Å². The summed E-state index contributed by atoms with van der Waals surface area (Å²) in [6.07, 6.45) is 7.59. The Labute approximate surface area is 206 Å². The van der Waals surface area contributed by atoms with Crippen LogP contribution in [0.3, 0.4) is 0 Å². The number of benzene rings is 2. The molecule has 0 saturated carbocycles. The molecule has 35 heavy (non-hydrogen) atoms. The Morgan fingerprint density at radius 3 is 2.54 bits per heavy atom. The molecule has 2 aromatic carbocycles. The zero-order valence-electron chi connectivity index (χ0n) is 20.1. The maximum absolute atomic E-state index is 10.0. The van der Waals surface area contributed by atoms with Gasteiger partial charge in [0.15, 0.2) is 0 Å². The van der Waals surface area contributed by atoms with Crippen molar-refractivity contribution in [2.45, 2.75) is 50.2 Å². The predicted molar refractivity (Wildman–Crippen MR) is 138 cm³/mol. The summed E-state index contributed by atoms with van der Waals surface area (Å²) >= 11 is 0. The molecule has 6 heteroatoms. The van der Waals surface area contributed by atoms with Crippen molar-refractivity contribution < 1.29 is 4.74 Å². The van der Waals surface area contributed by atoms with Gasteiger partial charge in [-0.15, -0.1) is 0 Å². The summed E-state index contributed by atoms with van der Waals surface area (Å²) in [4.78, 5) is 14.4. The molecule has 0 bridgehead atoms. The van der Waals surface area contributed by atoms with Gasteiger partial charge in [-0.05, 0) is 60.4 Å². The zero-order valence-corrected chi connectivity index (χ0v) is 20.1. The van der Waals surface area contributed by atoms with E-state index in [4.69, 9.17) is 9.73 Å². The summed E-state index contributed by atoms with van der Waals surface area (Å²) in [6, 6.07) is 20.1. The number of likely N-dealkylation sites (tertiary alicyclic amines) is 1. The van der Waals surface area contributed by atoms with Gasteiger partial charge in [0.05, 0.1) is 23.8 Å². The van der Waals surface area contributed by atoms with E-state index < -0.39 is 5.41 Å². The van der Waals surface area contributed by atoms with E-state index in [0.29, 0.717) is 6.04 Å². The number of pyridine rings is 1. The van der Waals surface area contributed by atoms with E-state index in [1.807, 2.05) is 24.5 Å². The molecule has 0 unspecified atom stereocenters. The molecular weight excluding hydrogens is 434 g/mol. The van der Waals surface area contributed by atoms with Crippen molar-refractivity contribution in [3.63, 3.8) is 0 Å². The molecule has 2 fully saturated rings. The number of hydrogen-bond donors (Lipinski definition) is 0. The Bertz CT molecular complexity index is 1270. The minimum atomic E-state index is -0.478. The fourth-order valence-corrected chi connectivity index (χ4v) is 5.92. The predicted octanol–water partition coefficient (Wildman–Crippen LogP) is 4.95. The van der Waals surface area contributed by atoms with Gasteiger partial charge >= 0.3 is 0 Å². The van der Waals surface area contributed by atoms with Gasteiger partial charge in [0.1, 0.15) is 5.41 Å². The molecule has 6 rings (SSSR count). The normalized spacial score (nSPS) is 20.5. The maximum Gasteiger partial charge on any atom is 0.102 e. The lowest BCUT2D eigenvalue weighted by Gasteiger charge is -2.37. The van der Waals surface area contributed by atoms with Crippen molar-refractivity contribution in [3.8, 4) is 6.07 Å². The van der Waals surface area contributed by atoms with Crippen molar-refractivity contribution in [1.29, 1.82) is 5.26 Å². The molecule has 0 atom stereocenters. The molecule has 0 N–H and O–H groups in total. The van der Waals surface area contributed by atoms with E-state index in [-0.39, 0.29) is 0 Å². The number of rotatable bonds is 4. The molecule has 1 aromatic heterocycles. The smallest absolute Gasteiger partial charge is 0.102 e. The second kappa shape index (κ2) is 9.41. The van der Waals surface area contributed by atoms with Crippen LogP contribution in [0.5, 0.6) is 0 Å². The van der Waals surface area contributed by atoms with E-state index in [1.165, 1.54) is 21.9 Å². The summed E-state index contributed by atoms with van der Waals surface area (Å²) < 4.78 is 5.57. The van der Waals surface area contributed by atoms with Crippen molar-refractivity contribution in [3.05, 3.63) is 71.5 Å². The van der Waals surface area contributed by atoms with Gasteiger partial charge in [-0.25, -0.2) is 4.99 Å². The Morgan fingerprint density at radius 1 is 1.03 bits per heavy atom. The molecule has 0 spiro atoms. The zero-order chi connectivity index (χ0) is 23.7. The Morgan fingerprint density at radius 2 is 1.80 bits per heavy atom. The maximum atomic E-state index is 10.0. The van der Waals surface area contributed by atoms with E-state index in [0.717, 1.165) is 76.5 Å². The number of piperidine rings is 1. The van der Waals surface area contributed by atoms with Crippen LogP contribution in [-0.4, -0.2) is 53.5 Å². The van der Waals surface area contributed by atoms with Gasteiger partial charge in [-0.2, -0.15) is 5.26 Å². The van der Waals surface area contributed by atoms with E-state index in [2.05, 4.69) is 51.2 Å². The van der Waals surface area contributed by atoms with Gasteiger partial charge in [-0.1, -0.05) is 30.3 Å². The molecule has 0 aliphatic carbocycles. The average Bonchev–Trinajstić information content (AvgIpc) is 2.94. The van der Waals surface area contributed by atoms with Gasteiger partial charge in [0.25, 0.3) is 0 Å². The van der Waals surface area contributed by atoms with Crippen molar-refractivity contribution in [2.75, 3.05) is 26.3 Å². The van der Waals surface area contributed by atoms with Gasteiger partial charge in [-0.3, -0.25) is 9.88 Å². The lowest BCUT2D eigenvalue weighted by molar-refractivity contribution is 0.0545. The SMILES string of the molecule is N#CC1(c2ccccn2)CCN(Cc2cc3c(c4ccccc24)N=CN(C2CCOCC2)C3)CC1. The largest absolute Gasteiger partial charge is 0.381 e. The van der Waals surface area contributed by atoms with Crippen LogP contribution in [0.4, 0.5) is 5.69 Å². The molecule has 178 valence electrons. The second-order valence-electron chi connectivity index (χ2n) is 10.0. The Kier molecular flexibility index (Phi) is 5.97. The van der Waals surface area contributed by atoms with Gasteiger partial charge in [0.2, 0.25) is 0 Å². The highest BCUT2D eigenvalue weighted by molar-refractivity contribution is 5.98. The summed E-state index contributed by atoms with van der Waals surface area (Å²) in [5, 5.41) is 12.6. The molecule has 3 aliphatic rings. The fraction of sp³-hybridized carbons (Fsp3) is 0.414. The van der Waals surface area contributed by atoms with Gasteiger partial charge < -0.3 is 9.64 Å². The first-order valence-electron chi connectivity index (χ1n) is 12.7. The molecule has 0 amide bonds. The van der Waals surface area contributed by atoms with Crippen LogP contribution in [-0.2, 0) is 23.2 Å². The van der Waals surface area contributed by atoms with Crippen LogP contribution in [0.2, 0.25) is 0 Å². The summed E-state index contributed by atoms with van der Waals surface area (Å²) in [6.45, 7) is 5.24. The molecule has 4 heterocycles. The van der Waals surface area contributed by atoms with Crippen molar-refractivity contribution in [2.24, 2.45) is 4.99 Å². The number of aromatic nitrogens is 1. The minimum Gasteiger partial charge on any atom is -0.381 e. The molecule has 3 aromatic rings. The Balaban J connectivity index is 1.25. The standard InChI is InChI=1S/C29H31N5O/c30-20-29(27-7-3-4-12-31-27)10-13-33(14-11-29)18-22-17-23-19-34(24-8-15-35-16-9-24)21-32-28(23)26-6-2-1-5-25(22)26/h1-7,12,17,21,24H,8-11,13-16,18-19H2. The minimum absolute atomic E-state index is 0.478. The van der Waals surface area contributed by atoms with Crippen LogP contribution < -0.4 is 0 Å². The van der Waals surface area contributed by atoms with Crippen LogP contribution in [0, 0.1) is 11.3 Å². The third-order valence-corrected chi connectivity index (χ3v) is 8.00. The highest BCUT2D eigenvalue weighted by Crippen LogP contribution is 2.38. The fourth-order valence-electron chi connectivity index (χ4n) is 5.92. The first-order chi connectivity index (χ1) is 17.3. The number of ether oxygens (including phenoxy) is 1. The average molecular weight is 466 g/mol.